The van der Waals surface area contributed by atoms with Crippen molar-refractivity contribution in [3.63, 3.8) is 0 Å². The second-order valence-electron chi connectivity index (χ2n) is 6.05. The first kappa shape index (κ1) is 20.1. The number of amides is 1. The summed E-state index contributed by atoms with van der Waals surface area (Å²) >= 11 is 0. The van der Waals surface area contributed by atoms with E-state index in [0.717, 1.165) is 17.7 Å². The van der Waals surface area contributed by atoms with E-state index in [0.29, 0.717) is 17.2 Å². The highest BCUT2D eigenvalue weighted by molar-refractivity contribution is 5.93. The number of pyridine rings is 1. The van der Waals surface area contributed by atoms with Gasteiger partial charge in [-0.05, 0) is 42.0 Å². The monoisotopic (exact) mass is 399 g/mol. The number of anilines is 2. The van der Waals surface area contributed by atoms with E-state index in [-0.39, 0.29) is 17.9 Å². The molecule has 1 aromatic heterocycles. The van der Waals surface area contributed by atoms with Crippen molar-refractivity contribution in [1.82, 2.24) is 10.3 Å². The normalized spacial score (nSPS) is 10.3. The SMILES string of the molecule is COc1ccc(CNC(=O)c2cc(Nc3ccc(F)cc3F)ccn2)cc1OC. The van der Waals surface area contributed by atoms with Gasteiger partial charge >= 0.3 is 0 Å². The Bertz CT molecular complexity index is 1030. The molecule has 0 spiro atoms. The summed E-state index contributed by atoms with van der Waals surface area (Å²) in [6, 6.07) is 11.6. The first-order valence-electron chi connectivity index (χ1n) is 8.67. The highest BCUT2D eigenvalue weighted by Gasteiger charge is 2.11. The van der Waals surface area contributed by atoms with Crippen molar-refractivity contribution in [2.24, 2.45) is 0 Å². The van der Waals surface area contributed by atoms with E-state index in [9.17, 15) is 13.6 Å². The van der Waals surface area contributed by atoms with E-state index in [1.165, 1.54) is 25.4 Å². The molecule has 2 N–H and O–H groups in total. The van der Waals surface area contributed by atoms with Gasteiger partial charge < -0.3 is 20.1 Å². The minimum Gasteiger partial charge on any atom is -0.493 e. The number of aromatic nitrogens is 1. The molecule has 0 radical (unpaired) electrons. The van der Waals surface area contributed by atoms with Gasteiger partial charge in [-0.3, -0.25) is 9.78 Å². The maximum absolute atomic E-state index is 13.8. The summed E-state index contributed by atoms with van der Waals surface area (Å²) in [4.78, 5) is 16.5. The quantitative estimate of drug-likeness (QED) is 0.627. The third kappa shape index (κ3) is 4.98. The van der Waals surface area contributed by atoms with Crippen LogP contribution in [0, 0.1) is 11.6 Å². The molecule has 0 saturated heterocycles. The Morgan fingerprint density at radius 1 is 1.00 bits per heavy atom. The average Bonchev–Trinajstić information content (AvgIpc) is 2.74. The fraction of sp³-hybridized carbons (Fsp3) is 0.143. The van der Waals surface area contributed by atoms with Gasteiger partial charge in [0.05, 0.1) is 19.9 Å². The Morgan fingerprint density at radius 2 is 1.79 bits per heavy atom. The lowest BCUT2D eigenvalue weighted by Gasteiger charge is -2.11. The van der Waals surface area contributed by atoms with Gasteiger partial charge in [0.1, 0.15) is 17.3 Å². The van der Waals surface area contributed by atoms with Crippen LogP contribution in [0.25, 0.3) is 0 Å². The fourth-order valence-corrected chi connectivity index (χ4v) is 2.64. The number of halogens is 2. The fourth-order valence-electron chi connectivity index (χ4n) is 2.64. The van der Waals surface area contributed by atoms with Crippen LogP contribution in [-0.2, 0) is 6.54 Å². The third-order valence-corrected chi connectivity index (χ3v) is 4.10. The Kier molecular flexibility index (Phi) is 6.23. The van der Waals surface area contributed by atoms with Gasteiger partial charge in [0.25, 0.3) is 5.91 Å². The van der Waals surface area contributed by atoms with Crippen LogP contribution in [0.15, 0.2) is 54.7 Å². The van der Waals surface area contributed by atoms with Crippen molar-refractivity contribution < 1.29 is 23.0 Å². The van der Waals surface area contributed by atoms with Crippen molar-refractivity contribution in [3.05, 3.63) is 77.6 Å². The van der Waals surface area contributed by atoms with Crippen LogP contribution >= 0.6 is 0 Å². The molecule has 6 nitrogen and oxygen atoms in total. The van der Waals surface area contributed by atoms with Crippen LogP contribution in [0.4, 0.5) is 20.2 Å². The summed E-state index contributed by atoms with van der Waals surface area (Å²) in [6.45, 7) is 0.255. The zero-order valence-corrected chi connectivity index (χ0v) is 15.8. The predicted octanol–water partition coefficient (Wildman–Crippen LogP) is 4.05. The number of hydrogen-bond acceptors (Lipinski definition) is 5. The van der Waals surface area contributed by atoms with Gasteiger partial charge in [-0.2, -0.15) is 0 Å². The number of carbonyl (C=O) groups excluding carboxylic acids is 1. The molecule has 3 rings (SSSR count). The second kappa shape index (κ2) is 9.01. The summed E-state index contributed by atoms with van der Waals surface area (Å²) in [5.41, 5.74) is 1.51. The molecule has 0 fully saturated rings. The number of rotatable bonds is 7. The first-order valence-corrected chi connectivity index (χ1v) is 8.67. The number of carbonyl (C=O) groups is 1. The number of methoxy groups -OCH3 is 2. The molecule has 150 valence electrons. The standard InChI is InChI=1S/C21H19F2N3O3/c1-28-19-6-3-13(9-20(19)29-2)12-25-21(27)18-11-15(7-8-24-18)26-17-5-4-14(22)10-16(17)23/h3-11H,12H2,1-2H3,(H,24,26)(H,25,27). The topological polar surface area (TPSA) is 72.5 Å². The van der Waals surface area contributed by atoms with E-state index in [2.05, 4.69) is 15.6 Å². The number of benzene rings is 2. The van der Waals surface area contributed by atoms with Crippen LogP contribution in [0.1, 0.15) is 16.1 Å². The zero-order valence-electron chi connectivity index (χ0n) is 15.8. The molecule has 1 amide bonds. The van der Waals surface area contributed by atoms with Crippen LogP contribution < -0.4 is 20.1 Å². The molecule has 2 aromatic carbocycles. The molecule has 0 aliphatic heterocycles. The lowest BCUT2D eigenvalue weighted by atomic mass is 10.2. The van der Waals surface area contributed by atoms with Crippen molar-refractivity contribution in [1.29, 1.82) is 0 Å². The number of ether oxygens (including phenoxy) is 2. The predicted molar refractivity (Wildman–Crippen MR) is 105 cm³/mol. The highest BCUT2D eigenvalue weighted by atomic mass is 19.1. The minimum absolute atomic E-state index is 0.0919. The van der Waals surface area contributed by atoms with Gasteiger partial charge in [-0.1, -0.05) is 6.07 Å². The van der Waals surface area contributed by atoms with Gasteiger partial charge in [0.15, 0.2) is 11.5 Å². The number of nitrogens with one attached hydrogen (secondary N) is 2. The summed E-state index contributed by atoms with van der Waals surface area (Å²) < 4.78 is 37.3. The molecule has 8 heteroatoms. The van der Waals surface area contributed by atoms with E-state index >= 15 is 0 Å². The Morgan fingerprint density at radius 3 is 2.52 bits per heavy atom. The summed E-state index contributed by atoms with van der Waals surface area (Å²) in [5, 5.41) is 5.57. The Hall–Kier alpha value is -3.68. The molecule has 0 atom stereocenters. The van der Waals surface area contributed by atoms with Gasteiger partial charge in [-0.15, -0.1) is 0 Å². The van der Waals surface area contributed by atoms with Crippen LogP contribution in [0.5, 0.6) is 11.5 Å². The lowest BCUT2D eigenvalue weighted by Crippen LogP contribution is -2.23. The van der Waals surface area contributed by atoms with Gasteiger partial charge in [-0.25, -0.2) is 8.78 Å². The average molecular weight is 399 g/mol. The highest BCUT2D eigenvalue weighted by Crippen LogP contribution is 2.27. The molecule has 0 saturated carbocycles. The Balaban J connectivity index is 1.68. The molecule has 29 heavy (non-hydrogen) atoms. The largest absolute Gasteiger partial charge is 0.493 e. The van der Waals surface area contributed by atoms with Gasteiger partial charge in [0, 0.05) is 24.5 Å². The zero-order chi connectivity index (χ0) is 20.8. The second-order valence-corrected chi connectivity index (χ2v) is 6.05. The molecule has 3 aromatic rings. The molecule has 0 unspecified atom stereocenters. The van der Waals surface area contributed by atoms with E-state index in [4.69, 9.17) is 9.47 Å². The summed E-state index contributed by atoms with van der Waals surface area (Å²) in [6.07, 6.45) is 1.43. The molecule has 1 heterocycles. The third-order valence-electron chi connectivity index (χ3n) is 4.10. The molecular formula is C21H19F2N3O3. The van der Waals surface area contributed by atoms with Crippen LogP contribution in [-0.4, -0.2) is 25.1 Å². The molecular weight excluding hydrogens is 380 g/mol. The van der Waals surface area contributed by atoms with Crippen molar-refractivity contribution in [2.75, 3.05) is 19.5 Å². The minimum atomic E-state index is -0.735. The number of hydrogen-bond donors (Lipinski definition) is 2. The lowest BCUT2D eigenvalue weighted by molar-refractivity contribution is 0.0946. The Labute approximate surface area is 166 Å². The molecule has 0 bridgehead atoms. The molecule has 0 aliphatic rings. The van der Waals surface area contributed by atoms with E-state index in [1.807, 2.05) is 6.07 Å². The maximum atomic E-state index is 13.8. The van der Waals surface area contributed by atoms with E-state index in [1.54, 1.807) is 25.3 Å². The summed E-state index contributed by atoms with van der Waals surface area (Å²) in [7, 11) is 3.08. The summed E-state index contributed by atoms with van der Waals surface area (Å²) in [5.74, 6) is -0.650. The first-order chi connectivity index (χ1) is 14.0. The van der Waals surface area contributed by atoms with Crippen molar-refractivity contribution >= 4 is 17.3 Å². The van der Waals surface area contributed by atoms with Crippen molar-refractivity contribution in [3.8, 4) is 11.5 Å². The van der Waals surface area contributed by atoms with Crippen LogP contribution in [0.2, 0.25) is 0 Å². The smallest absolute Gasteiger partial charge is 0.270 e. The van der Waals surface area contributed by atoms with E-state index < -0.39 is 17.5 Å². The maximum Gasteiger partial charge on any atom is 0.270 e. The molecule has 0 aliphatic carbocycles. The number of nitrogens with zero attached hydrogens (tertiary/aromatic N) is 1. The van der Waals surface area contributed by atoms with Crippen molar-refractivity contribution in [2.45, 2.75) is 6.54 Å². The van der Waals surface area contributed by atoms with Crippen LogP contribution in [0.3, 0.4) is 0 Å². The van der Waals surface area contributed by atoms with Gasteiger partial charge in [0.2, 0.25) is 0 Å².